The molecule has 3 rings (SSSR count). The summed E-state index contributed by atoms with van der Waals surface area (Å²) >= 11 is 0. The minimum atomic E-state index is -4.54. The zero-order chi connectivity index (χ0) is 21.2. The maximum Gasteiger partial charge on any atom is 0.419 e. The molecule has 0 aliphatic heterocycles. The quantitative estimate of drug-likeness (QED) is 0.545. The molecule has 0 radical (unpaired) electrons. The fraction of sp³-hybridized carbons (Fsp3) is 0.348. The third kappa shape index (κ3) is 5.07. The molecule has 1 unspecified atom stereocenters. The Morgan fingerprint density at radius 1 is 1.07 bits per heavy atom. The lowest BCUT2D eigenvalue weighted by atomic mass is 9.93. The van der Waals surface area contributed by atoms with Crippen molar-refractivity contribution in [2.75, 3.05) is 6.61 Å². The van der Waals surface area contributed by atoms with Crippen molar-refractivity contribution in [2.24, 2.45) is 11.7 Å². The van der Waals surface area contributed by atoms with E-state index in [0.717, 1.165) is 17.0 Å². The van der Waals surface area contributed by atoms with Crippen molar-refractivity contribution in [1.82, 2.24) is 4.98 Å². The number of alkyl halides is 3. The highest BCUT2D eigenvalue weighted by Crippen LogP contribution is 2.40. The molecule has 0 saturated carbocycles. The number of ether oxygens (including phenoxy) is 1. The van der Waals surface area contributed by atoms with Gasteiger partial charge in [-0.25, -0.2) is 0 Å². The molecule has 3 nitrogen and oxygen atoms in total. The number of nitrogens with zero attached hydrogens (tertiary/aromatic N) is 1. The van der Waals surface area contributed by atoms with Crippen molar-refractivity contribution in [2.45, 2.75) is 38.9 Å². The number of fused-ring (bicyclic) bond motifs is 1. The number of benzene rings is 2. The van der Waals surface area contributed by atoms with Gasteiger partial charge in [-0.2, -0.15) is 13.2 Å². The zero-order valence-electron chi connectivity index (χ0n) is 16.8. The van der Waals surface area contributed by atoms with Gasteiger partial charge in [0.15, 0.2) is 0 Å². The predicted molar refractivity (Wildman–Crippen MR) is 110 cm³/mol. The van der Waals surface area contributed by atoms with Gasteiger partial charge in [0, 0.05) is 17.1 Å². The standard InChI is InChI=1S/C23H25F3N2O/c1-15(2)13-22(3,27)14-29-21-9-8-16(12-19(21)23(24,25)26)17-10-11-28-20-7-5-4-6-18(17)20/h4-12,15H,13-14,27H2,1-3H3. The fourth-order valence-electron chi connectivity index (χ4n) is 3.63. The summed E-state index contributed by atoms with van der Waals surface area (Å²) in [5, 5.41) is 0.795. The van der Waals surface area contributed by atoms with Crippen LogP contribution >= 0.6 is 0 Å². The third-order valence-corrected chi connectivity index (χ3v) is 4.68. The summed E-state index contributed by atoms with van der Waals surface area (Å²) in [4.78, 5) is 4.28. The smallest absolute Gasteiger partial charge is 0.419 e. The maximum absolute atomic E-state index is 13.8. The van der Waals surface area contributed by atoms with Gasteiger partial charge >= 0.3 is 6.18 Å². The molecule has 3 aromatic rings. The van der Waals surface area contributed by atoms with Crippen LogP contribution in [0.15, 0.2) is 54.7 Å². The summed E-state index contributed by atoms with van der Waals surface area (Å²) in [6, 6.07) is 13.2. The van der Waals surface area contributed by atoms with Crippen LogP contribution in [0, 0.1) is 5.92 Å². The van der Waals surface area contributed by atoms with Gasteiger partial charge in [0.2, 0.25) is 0 Å². The Balaban J connectivity index is 1.99. The minimum absolute atomic E-state index is 0.00575. The van der Waals surface area contributed by atoms with Crippen molar-refractivity contribution >= 4 is 10.9 Å². The van der Waals surface area contributed by atoms with E-state index in [1.165, 1.54) is 6.07 Å². The Bertz CT molecular complexity index is 992. The molecule has 2 aromatic carbocycles. The van der Waals surface area contributed by atoms with Gasteiger partial charge in [0.1, 0.15) is 12.4 Å². The molecule has 6 heteroatoms. The van der Waals surface area contributed by atoms with E-state index >= 15 is 0 Å². The number of hydrogen-bond donors (Lipinski definition) is 1. The predicted octanol–water partition coefficient (Wildman–Crippen LogP) is 6.06. The van der Waals surface area contributed by atoms with E-state index < -0.39 is 17.3 Å². The molecule has 0 spiro atoms. The summed E-state index contributed by atoms with van der Waals surface area (Å²) in [6.45, 7) is 5.82. The van der Waals surface area contributed by atoms with Crippen LogP contribution in [-0.4, -0.2) is 17.1 Å². The normalized spacial score (nSPS) is 14.2. The Morgan fingerprint density at radius 2 is 1.79 bits per heavy atom. The largest absolute Gasteiger partial charge is 0.491 e. The summed E-state index contributed by atoms with van der Waals surface area (Å²) in [5.41, 5.74) is 6.55. The van der Waals surface area contributed by atoms with E-state index in [4.69, 9.17) is 10.5 Å². The van der Waals surface area contributed by atoms with Gasteiger partial charge in [0.25, 0.3) is 0 Å². The molecular formula is C23H25F3N2O. The number of halogens is 3. The first-order chi connectivity index (χ1) is 13.6. The van der Waals surface area contributed by atoms with Crippen LogP contribution in [0.1, 0.15) is 32.8 Å². The van der Waals surface area contributed by atoms with Crippen molar-refractivity contribution in [3.63, 3.8) is 0 Å². The van der Waals surface area contributed by atoms with Crippen LogP contribution in [0.4, 0.5) is 13.2 Å². The highest BCUT2D eigenvalue weighted by Gasteiger charge is 2.35. The summed E-state index contributed by atoms with van der Waals surface area (Å²) in [6.07, 6.45) is -2.30. The van der Waals surface area contributed by atoms with Crippen LogP contribution in [0.5, 0.6) is 5.75 Å². The SMILES string of the molecule is CC(C)CC(C)(N)COc1ccc(-c2ccnc3ccccc23)cc1C(F)(F)F. The first-order valence-corrected chi connectivity index (χ1v) is 9.54. The number of pyridine rings is 1. The summed E-state index contributed by atoms with van der Waals surface area (Å²) in [5.74, 6) is 0.109. The van der Waals surface area contributed by atoms with Crippen LogP contribution in [0.2, 0.25) is 0 Å². The summed E-state index contributed by atoms with van der Waals surface area (Å²) in [7, 11) is 0. The topological polar surface area (TPSA) is 48.1 Å². The van der Waals surface area contributed by atoms with E-state index in [2.05, 4.69) is 4.98 Å². The first kappa shape index (κ1) is 21.1. The van der Waals surface area contributed by atoms with Crippen LogP contribution in [0.3, 0.4) is 0 Å². The Kier molecular flexibility index (Phi) is 5.85. The van der Waals surface area contributed by atoms with Crippen molar-refractivity contribution < 1.29 is 17.9 Å². The molecule has 0 bridgehead atoms. The minimum Gasteiger partial charge on any atom is -0.491 e. The van der Waals surface area contributed by atoms with Crippen molar-refractivity contribution in [3.05, 3.63) is 60.3 Å². The van der Waals surface area contributed by atoms with Gasteiger partial charge in [-0.3, -0.25) is 4.98 Å². The van der Waals surface area contributed by atoms with Crippen molar-refractivity contribution in [3.8, 4) is 16.9 Å². The highest BCUT2D eigenvalue weighted by molar-refractivity contribution is 5.94. The zero-order valence-corrected chi connectivity index (χ0v) is 16.8. The number of rotatable bonds is 6. The van der Waals surface area contributed by atoms with Crippen LogP contribution < -0.4 is 10.5 Å². The van der Waals surface area contributed by atoms with Crippen LogP contribution in [-0.2, 0) is 6.18 Å². The number of para-hydroxylation sites is 1. The molecule has 1 aromatic heterocycles. The molecule has 2 N–H and O–H groups in total. The molecule has 0 aliphatic carbocycles. The van der Waals surface area contributed by atoms with E-state index in [9.17, 15) is 13.2 Å². The molecule has 0 fully saturated rings. The Morgan fingerprint density at radius 3 is 2.48 bits per heavy atom. The average Bonchev–Trinajstić information content (AvgIpc) is 2.64. The molecule has 0 amide bonds. The second-order valence-corrected chi connectivity index (χ2v) is 8.13. The van der Waals surface area contributed by atoms with Gasteiger partial charge < -0.3 is 10.5 Å². The molecule has 1 heterocycles. The fourth-order valence-corrected chi connectivity index (χ4v) is 3.63. The molecule has 29 heavy (non-hydrogen) atoms. The second kappa shape index (κ2) is 8.03. The second-order valence-electron chi connectivity index (χ2n) is 8.13. The monoisotopic (exact) mass is 402 g/mol. The van der Waals surface area contributed by atoms with E-state index in [0.29, 0.717) is 23.5 Å². The maximum atomic E-state index is 13.8. The Hall–Kier alpha value is -2.60. The lowest BCUT2D eigenvalue weighted by Crippen LogP contribution is -2.43. The average molecular weight is 402 g/mol. The molecule has 0 saturated heterocycles. The van der Waals surface area contributed by atoms with Gasteiger partial charge in [-0.15, -0.1) is 0 Å². The van der Waals surface area contributed by atoms with Gasteiger partial charge in [0.05, 0.1) is 11.1 Å². The number of hydrogen-bond acceptors (Lipinski definition) is 3. The van der Waals surface area contributed by atoms with Crippen molar-refractivity contribution in [1.29, 1.82) is 0 Å². The summed E-state index contributed by atoms with van der Waals surface area (Å²) < 4.78 is 46.8. The lowest BCUT2D eigenvalue weighted by Gasteiger charge is -2.27. The molecular weight excluding hydrogens is 377 g/mol. The van der Waals surface area contributed by atoms with E-state index in [-0.39, 0.29) is 12.4 Å². The van der Waals surface area contributed by atoms with Gasteiger partial charge in [-0.05, 0) is 54.7 Å². The molecule has 154 valence electrons. The Labute approximate surface area is 168 Å². The third-order valence-electron chi connectivity index (χ3n) is 4.68. The lowest BCUT2D eigenvalue weighted by molar-refractivity contribution is -0.139. The van der Waals surface area contributed by atoms with Crippen LogP contribution in [0.25, 0.3) is 22.0 Å². The van der Waals surface area contributed by atoms with E-state index in [1.807, 2.05) is 38.1 Å². The van der Waals surface area contributed by atoms with Gasteiger partial charge in [-0.1, -0.05) is 38.1 Å². The first-order valence-electron chi connectivity index (χ1n) is 9.54. The number of aromatic nitrogens is 1. The molecule has 0 aliphatic rings. The highest BCUT2D eigenvalue weighted by atomic mass is 19.4. The molecule has 1 atom stereocenters. The van der Waals surface area contributed by atoms with E-state index in [1.54, 1.807) is 25.3 Å². The number of nitrogens with two attached hydrogens (primary N) is 1.